The zero-order valence-corrected chi connectivity index (χ0v) is 10.1. The topological polar surface area (TPSA) is 87.3 Å². The number of hydrogen-bond acceptors (Lipinski definition) is 4. The van der Waals surface area contributed by atoms with E-state index in [-0.39, 0.29) is 24.4 Å². The minimum atomic E-state index is -0.859. The van der Waals surface area contributed by atoms with Gasteiger partial charge in [-0.15, -0.1) is 0 Å². The van der Waals surface area contributed by atoms with E-state index in [1.165, 1.54) is 0 Å². The molecule has 0 aromatic carbocycles. The van der Waals surface area contributed by atoms with E-state index in [1.807, 2.05) is 6.92 Å². The molecule has 16 heavy (non-hydrogen) atoms. The second-order valence-corrected chi connectivity index (χ2v) is 5.33. The molecule has 92 valence electrons. The summed E-state index contributed by atoms with van der Waals surface area (Å²) in [4.78, 5) is 22.4. The van der Waals surface area contributed by atoms with Gasteiger partial charge in [-0.05, 0) is 0 Å². The molecule has 0 radical (unpaired) electrons. The van der Waals surface area contributed by atoms with Crippen molar-refractivity contribution in [3.8, 4) is 0 Å². The van der Waals surface area contributed by atoms with E-state index in [0.29, 0.717) is 24.6 Å². The first-order valence-electron chi connectivity index (χ1n) is 5.26. The Bertz CT molecular complexity index is 286. The molecule has 0 aromatic heterocycles. The van der Waals surface area contributed by atoms with Gasteiger partial charge in [-0.3, -0.25) is 19.1 Å². The van der Waals surface area contributed by atoms with Gasteiger partial charge < -0.3 is 10.6 Å². The molecule has 2 unspecified atom stereocenters. The Morgan fingerprint density at radius 2 is 2.38 bits per heavy atom. The standard InChI is InChI=1S/C9H17N3O3S/c1-2-16(15)4-3-10-9(14)7-5-12-8(13)6-11-7/h7,11H,2-6H2,1H3,(H,10,14)(H,12,13). The Balaban J connectivity index is 2.20. The fourth-order valence-corrected chi connectivity index (χ4v) is 1.93. The summed E-state index contributed by atoms with van der Waals surface area (Å²) in [6.07, 6.45) is 0. The van der Waals surface area contributed by atoms with Crippen LogP contribution < -0.4 is 16.0 Å². The molecule has 2 amide bonds. The molecule has 1 aliphatic rings. The minimum Gasteiger partial charge on any atom is -0.354 e. The van der Waals surface area contributed by atoms with E-state index >= 15 is 0 Å². The first kappa shape index (κ1) is 13.1. The summed E-state index contributed by atoms with van der Waals surface area (Å²) in [5.74, 6) is 0.818. The van der Waals surface area contributed by atoms with E-state index in [1.54, 1.807) is 0 Å². The fourth-order valence-electron chi connectivity index (χ4n) is 1.31. The van der Waals surface area contributed by atoms with Gasteiger partial charge in [-0.25, -0.2) is 0 Å². The van der Waals surface area contributed by atoms with Crippen molar-refractivity contribution in [1.82, 2.24) is 16.0 Å². The maximum absolute atomic E-state index is 11.6. The number of carbonyl (C=O) groups excluding carboxylic acids is 2. The summed E-state index contributed by atoms with van der Waals surface area (Å²) in [7, 11) is -0.859. The van der Waals surface area contributed by atoms with Crippen LogP contribution in [0.1, 0.15) is 6.92 Å². The molecule has 1 aliphatic heterocycles. The van der Waals surface area contributed by atoms with E-state index in [4.69, 9.17) is 0 Å². The highest BCUT2D eigenvalue weighted by atomic mass is 32.2. The molecule has 1 saturated heterocycles. The van der Waals surface area contributed by atoms with Crippen LogP contribution in [0.15, 0.2) is 0 Å². The number of hydrogen-bond donors (Lipinski definition) is 3. The van der Waals surface area contributed by atoms with Crippen molar-refractivity contribution in [1.29, 1.82) is 0 Å². The third-order valence-corrected chi connectivity index (χ3v) is 3.58. The van der Waals surface area contributed by atoms with Crippen LogP contribution in [0.2, 0.25) is 0 Å². The first-order chi connectivity index (χ1) is 7.63. The Kier molecular flexibility index (Phi) is 5.41. The number of carbonyl (C=O) groups is 2. The Hall–Kier alpha value is -0.950. The lowest BCUT2D eigenvalue weighted by atomic mass is 10.2. The van der Waals surface area contributed by atoms with Crippen molar-refractivity contribution in [2.75, 3.05) is 31.1 Å². The van der Waals surface area contributed by atoms with Crippen LogP contribution in [0.5, 0.6) is 0 Å². The summed E-state index contributed by atoms with van der Waals surface area (Å²) in [6.45, 7) is 2.72. The monoisotopic (exact) mass is 247 g/mol. The molecule has 0 spiro atoms. The van der Waals surface area contributed by atoms with Crippen molar-refractivity contribution in [3.05, 3.63) is 0 Å². The molecule has 0 aliphatic carbocycles. The van der Waals surface area contributed by atoms with Crippen LogP contribution in [0.4, 0.5) is 0 Å². The largest absolute Gasteiger partial charge is 0.354 e. The number of piperazine rings is 1. The fraction of sp³-hybridized carbons (Fsp3) is 0.778. The SMILES string of the molecule is CCS(=O)CCNC(=O)C1CNC(=O)CN1. The molecular formula is C9H17N3O3S. The van der Waals surface area contributed by atoms with E-state index < -0.39 is 10.8 Å². The normalized spacial score (nSPS) is 22.3. The van der Waals surface area contributed by atoms with Crippen molar-refractivity contribution < 1.29 is 13.8 Å². The van der Waals surface area contributed by atoms with E-state index in [0.717, 1.165) is 0 Å². The molecule has 0 saturated carbocycles. The van der Waals surface area contributed by atoms with Gasteiger partial charge in [0.2, 0.25) is 11.8 Å². The van der Waals surface area contributed by atoms with Crippen LogP contribution in [0, 0.1) is 0 Å². The van der Waals surface area contributed by atoms with Gasteiger partial charge in [-0.1, -0.05) is 6.92 Å². The molecule has 1 fully saturated rings. The third-order valence-electron chi connectivity index (χ3n) is 2.28. The smallest absolute Gasteiger partial charge is 0.239 e. The zero-order valence-electron chi connectivity index (χ0n) is 9.25. The van der Waals surface area contributed by atoms with Crippen LogP contribution in [0.25, 0.3) is 0 Å². The Labute approximate surface area is 97.0 Å². The number of amides is 2. The van der Waals surface area contributed by atoms with Gasteiger partial charge in [0.1, 0.15) is 6.04 Å². The van der Waals surface area contributed by atoms with Gasteiger partial charge in [0, 0.05) is 35.4 Å². The predicted molar refractivity (Wildman–Crippen MR) is 61.4 cm³/mol. The number of rotatable bonds is 5. The summed E-state index contributed by atoms with van der Waals surface area (Å²) >= 11 is 0. The summed E-state index contributed by atoms with van der Waals surface area (Å²) in [6, 6.07) is -0.382. The maximum Gasteiger partial charge on any atom is 0.239 e. The predicted octanol–water partition coefficient (Wildman–Crippen LogP) is -2.04. The Morgan fingerprint density at radius 1 is 1.62 bits per heavy atom. The van der Waals surface area contributed by atoms with E-state index in [2.05, 4.69) is 16.0 Å². The second-order valence-electron chi connectivity index (χ2n) is 3.46. The third kappa shape index (κ3) is 4.28. The number of nitrogens with one attached hydrogen (secondary N) is 3. The van der Waals surface area contributed by atoms with Crippen LogP contribution >= 0.6 is 0 Å². The minimum absolute atomic E-state index is 0.101. The quantitative estimate of drug-likeness (QED) is 0.522. The van der Waals surface area contributed by atoms with Crippen molar-refractivity contribution in [2.24, 2.45) is 0 Å². The van der Waals surface area contributed by atoms with E-state index in [9.17, 15) is 13.8 Å². The second kappa shape index (κ2) is 6.59. The van der Waals surface area contributed by atoms with Crippen molar-refractivity contribution in [2.45, 2.75) is 13.0 Å². The summed E-state index contributed by atoms with van der Waals surface area (Å²) in [5.41, 5.74) is 0. The lowest BCUT2D eigenvalue weighted by molar-refractivity contribution is -0.126. The lowest BCUT2D eigenvalue weighted by Gasteiger charge is -2.23. The van der Waals surface area contributed by atoms with Gasteiger partial charge in [0.05, 0.1) is 6.54 Å². The van der Waals surface area contributed by atoms with Gasteiger partial charge in [0.15, 0.2) is 0 Å². The lowest BCUT2D eigenvalue weighted by Crippen LogP contribution is -2.58. The highest BCUT2D eigenvalue weighted by Gasteiger charge is 2.23. The first-order valence-corrected chi connectivity index (χ1v) is 6.75. The molecular weight excluding hydrogens is 230 g/mol. The molecule has 6 nitrogen and oxygen atoms in total. The summed E-state index contributed by atoms with van der Waals surface area (Å²) in [5, 5.41) is 8.11. The van der Waals surface area contributed by atoms with Crippen LogP contribution in [-0.4, -0.2) is 53.2 Å². The molecule has 7 heteroatoms. The maximum atomic E-state index is 11.6. The molecule has 1 rings (SSSR count). The van der Waals surface area contributed by atoms with Crippen molar-refractivity contribution in [3.63, 3.8) is 0 Å². The van der Waals surface area contributed by atoms with Crippen LogP contribution in [0.3, 0.4) is 0 Å². The van der Waals surface area contributed by atoms with Crippen LogP contribution in [-0.2, 0) is 20.4 Å². The molecule has 0 aromatic rings. The highest BCUT2D eigenvalue weighted by Crippen LogP contribution is 1.88. The van der Waals surface area contributed by atoms with Gasteiger partial charge >= 0.3 is 0 Å². The molecule has 2 atom stereocenters. The molecule has 1 heterocycles. The van der Waals surface area contributed by atoms with Gasteiger partial charge in [-0.2, -0.15) is 0 Å². The van der Waals surface area contributed by atoms with Crippen molar-refractivity contribution >= 4 is 22.6 Å². The summed E-state index contributed by atoms with van der Waals surface area (Å²) < 4.78 is 11.1. The Morgan fingerprint density at radius 3 is 2.94 bits per heavy atom. The molecule has 0 bridgehead atoms. The average molecular weight is 247 g/mol. The average Bonchev–Trinajstić information content (AvgIpc) is 2.29. The molecule has 3 N–H and O–H groups in total. The van der Waals surface area contributed by atoms with Gasteiger partial charge in [0.25, 0.3) is 0 Å². The highest BCUT2D eigenvalue weighted by molar-refractivity contribution is 7.84. The zero-order chi connectivity index (χ0) is 12.0.